The predicted molar refractivity (Wildman–Crippen MR) is 68.1 cm³/mol. The molecule has 0 unspecified atom stereocenters. The monoisotopic (exact) mass is 236 g/mol. The van der Waals surface area contributed by atoms with Gasteiger partial charge in [0.25, 0.3) is 5.91 Å². The molecule has 0 saturated carbocycles. The van der Waals surface area contributed by atoms with Gasteiger partial charge in [0.1, 0.15) is 5.71 Å². The topological polar surface area (TPSA) is 79.5 Å². The summed E-state index contributed by atoms with van der Waals surface area (Å²) in [4.78, 5) is 11.6. The molecule has 5 nitrogen and oxygen atoms in total. The van der Waals surface area contributed by atoms with Crippen LogP contribution in [0.5, 0.6) is 0 Å². The third-order valence-corrected chi connectivity index (χ3v) is 1.79. The van der Waals surface area contributed by atoms with Crippen molar-refractivity contribution in [3.05, 3.63) is 30.3 Å². The van der Waals surface area contributed by atoms with Crippen LogP contribution in [0.25, 0.3) is 0 Å². The number of hydrazone groups is 1. The highest BCUT2D eigenvalue weighted by atomic mass is 32.1. The van der Waals surface area contributed by atoms with Crippen molar-refractivity contribution in [2.24, 2.45) is 10.8 Å². The molecule has 0 saturated heterocycles. The number of carbonyl (C=O) groups is 1. The first kappa shape index (κ1) is 12.1. The number of nitrogens with zero attached hydrogens (tertiary/aromatic N) is 1. The van der Waals surface area contributed by atoms with Crippen LogP contribution in [0.1, 0.15) is 6.92 Å². The second kappa shape index (κ2) is 5.82. The van der Waals surface area contributed by atoms with Crippen molar-refractivity contribution in [1.29, 1.82) is 0 Å². The Morgan fingerprint density at radius 2 is 2.00 bits per heavy atom. The molecule has 1 aromatic rings. The van der Waals surface area contributed by atoms with Gasteiger partial charge in [-0.05, 0) is 31.3 Å². The Hall–Kier alpha value is -1.95. The van der Waals surface area contributed by atoms with Gasteiger partial charge in [0.15, 0.2) is 5.11 Å². The molecule has 0 spiro atoms. The van der Waals surface area contributed by atoms with Gasteiger partial charge in [0.05, 0.1) is 0 Å². The van der Waals surface area contributed by atoms with Gasteiger partial charge in [-0.2, -0.15) is 5.10 Å². The zero-order valence-corrected chi connectivity index (χ0v) is 9.54. The van der Waals surface area contributed by atoms with E-state index in [0.29, 0.717) is 5.69 Å². The fourth-order valence-corrected chi connectivity index (χ4v) is 0.978. The standard InChI is InChI=1S/C10H12N4OS/c1-7(13-14-10(11)16)9(15)12-8-5-3-2-4-6-8/h2-6H,1H3,(H,12,15)(H3,11,14,16)/b13-7-. The largest absolute Gasteiger partial charge is 0.375 e. The van der Waals surface area contributed by atoms with E-state index in [1.807, 2.05) is 18.2 Å². The summed E-state index contributed by atoms with van der Waals surface area (Å²) in [5, 5.41) is 6.40. The Kier molecular flexibility index (Phi) is 4.41. The Bertz CT molecular complexity index is 416. The van der Waals surface area contributed by atoms with Crippen LogP contribution in [0.4, 0.5) is 5.69 Å². The van der Waals surface area contributed by atoms with E-state index in [0.717, 1.165) is 0 Å². The molecule has 0 aliphatic heterocycles. The molecule has 1 aromatic carbocycles. The molecular formula is C10H12N4OS. The number of hydrogen-bond donors (Lipinski definition) is 3. The number of thiocarbonyl (C=S) groups is 1. The van der Waals surface area contributed by atoms with Crippen LogP contribution in [0, 0.1) is 0 Å². The zero-order chi connectivity index (χ0) is 12.0. The summed E-state index contributed by atoms with van der Waals surface area (Å²) in [6.45, 7) is 1.56. The number of carbonyl (C=O) groups excluding carboxylic acids is 1. The summed E-state index contributed by atoms with van der Waals surface area (Å²) in [7, 11) is 0. The van der Waals surface area contributed by atoms with E-state index in [-0.39, 0.29) is 16.7 Å². The number of benzene rings is 1. The highest BCUT2D eigenvalue weighted by Crippen LogP contribution is 2.04. The van der Waals surface area contributed by atoms with Crippen LogP contribution in [0.15, 0.2) is 35.4 Å². The van der Waals surface area contributed by atoms with Gasteiger partial charge in [-0.25, -0.2) is 0 Å². The maximum absolute atomic E-state index is 11.6. The minimum atomic E-state index is -0.310. The van der Waals surface area contributed by atoms with Crippen molar-refractivity contribution < 1.29 is 4.79 Å². The first-order valence-corrected chi connectivity index (χ1v) is 4.96. The first-order valence-electron chi connectivity index (χ1n) is 4.55. The Morgan fingerprint density at radius 3 is 2.56 bits per heavy atom. The van der Waals surface area contributed by atoms with Crippen molar-refractivity contribution >= 4 is 34.6 Å². The fourth-order valence-electron chi connectivity index (χ4n) is 0.933. The lowest BCUT2D eigenvalue weighted by atomic mass is 10.3. The highest BCUT2D eigenvalue weighted by Gasteiger charge is 2.05. The molecule has 0 aromatic heterocycles. The normalized spacial score (nSPS) is 10.7. The molecule has 0 aliphatic carbocycles. The van der Waals surface area contributed by atoms with Crippen molar-refractivity contribution in [2.45, 2.75) is 6.92 Å². The molecular weight excluding hydrogens is 224 g/mol. The van der Waals surface area contributed by atoms with Gasteiger partial charge in [-0.1, -0.05) is 18.2 Å². The van der Waals surface area contributed by atoms with E-state index in [1.54, 1.807) is 19.1 Å². The molecule has 0 radical (unpaired) electrons. The highest BCUT2D eigenvalue weighted by molar-refractivity contribution is 7.80. The van der Waals surface area contributed by atoms with Gasteiger partial charge in [0, 0.05) is 5.69 Å². The minimum Gasteiger partial charge on any atom is -0.375 e. The maximum Gasteiger partial charge on any atom is 0.271 e. The first-order chi connectivity index (χ1) is 7.59. The summed E-state index contributed by atoms with van der Waals surface area (Å²) in [5.41, 5.74) is 8.48. The van der Waals surface area contributed by atoms with E-state index in [9.17, 15) is 4.79 Å². The van der Waals surface area contributed by atoms with Crippen LogP contribution in [-0.2, 0) is 4.79 Å². The third kappa shape index (κ3) is 4.05. The van der Waals surface area contributed by atoms with Crippen molar-refractivity contribution in [3.63, 3.8) is 0 Å². The zero-order valence-electron chi connectivity index (χ0n) is 8.73. The van der Waals surface area contributed by atoms with Crippen molar-refractivity contribution in [1.82, 2.24) is 5.43 Å². The fraction of sp³-hybridized carbons (Fsp3) is 0.100. The average molecular weight is 236 g/mol. The van der Waals surface area contributed by atoms with Gasteiger partial charge < -0.3 is 11.1 Å². The van der Waals surface area contributed by atoms with Gasteiger partial charge in [0.2, 0.25) is 0 Å². The smallest absolute Gasteiger partial charge is 0.271 e. The summed E-state index contributed by atoms with van der Waals surface area (Å²) in [6, 6.07) is 9.09. The number of para-hydroxylation sites is 1. The number of hydrogen-bond acceptors (Lipinski definition) is 3. The summed E-state index contributed by atoms with van der Waals surface area (Å²) in [6.07, 6.45) is 0. The SMILES string of the molecule is C/C(=N/NC(N)=S)C(=O)Nc1ccccc1. The second-order valence-electron chi connectivity index (χ2n) is 2.99. The lowest BCUT2D eigenvalue weighted by molar-refractivity contribution is -0.110. The average Bonchev–Trinajstić information content (AvgIpc) is 2.27. The summed E-state index contributed by atoms with van der Waals surface area (Å²) < 4.78 is 0. The van der Waals surface area contributed by atoms with E-state index in [2.05, 4.69) is 28.1 Å². The Labute approximate surface area is 98.7 Å². The number of rotatable bonds is 3. The summed E-state index contributed by atoms with van der Waals surface area (Å²) >= 11 is 4.56. The number of anilines is 1. The molecule has 1 rings (SSSR count). The second-order valence-corrected chi connectivity index (χ2v) is 3.43. The minimum absolute atomic E-state index is 0.0202. The molecule has 0 aliphatic rings. The van der Waals surface area contributed by atoms with Gasteiger partial charge in [-0.15, -0.1) is 0 Å². The molecule has 0 bridgehead atoms. The van der Waals surface area contributed by atoms with Crippen molar-refractivity contribution in [2.75, 3.05) is 5.32 Å². The van der Waals surface area contributed by atoms with E-state index >= 15 is 0 Å². The summed E-state index contributed by atoms with van der Waals surface area (Å²) in [5.74, 6) is -0.310. The molecule has 0 heterocycles. The number of nitrogens with two attached hydrogens (primary N) is 1. The number of nitrogens with one attached hydrogen (secondary N) is 2. The predicted octanol–water partition coefficient (Wildman–Crippen LogP) is 0.834. The van der Waals surface area contributed by atoms with Crippen LogP contribution < -0.4 is 16.5 Å². The molecule has 84 valence electrons. The van der Waals surface area contributed by atoms with Gasteiger partial charge >= 0.3 is 0 Å². The quantitative estimate of drug-likeness (QED) is 0.412. The molecule has 1 amide bonds. The Balaban J connectivity index is 2.59. The van der Waals surface area contributed by atoms with Crippen LogP contribution in [0.2, 0.25) is 0 Å². The lowest BCUT2D eigenvalue weighted by Crippen LogP contribution is -2.28. The van der Waals surface area contributed by atoms with Gasteiger partial charge in [-0.3, -0.25) is 10.2 Å². The molecule has 16 heavy (non-hydrogen) atoms. The number of amides is 1. The lowest BCUT2D eigenvalue weighted by Gasteiger charge is -2.04. The van der Waals surface area contributed by atoms with E-state index in [1.165, 1.54) is 0 Å². The van der Waals surface area contributed by atoms with Crippen molar-refractivity contribution in [3.8, 4) is 0 Å². The maximum atomic E-state index is 11.6. The Morgan fingerprint density at radius 1 is 1.38 bits per heavy atom. The molecule has 4 N–H and O–H groups in total. The van der Waals surface area contributed by atoms with E-state index in [4.69, 9.17) is 5.73 Å². The van der Waals surface area contributed by atoms with Crippen LogP contribution in [-0.4, -0.2) is 16.7 Å². The molecule has 6 heteroatoms. The third-order valence-electron chi connectivity index (χ3n) is 1.69. The van der Waals surface area contributed by atoms with Crippen LogP contribution >= 0.6 is 12.2 Å². The molecule has 0 fully saturated rings. The van der Waals surface area contributed by atoms with Crippen LogP contribution in [0.3, 0.4) is 0 Å². The van der Waals surface area contributed by atoms with E-state index < -0.39 is 0 Å². The molecule has 0 atom stereocenters.